The smallest absolute Gasteiger partial charge is 0.245 e. The standard InChI is InChI=1S/C17H26N2O2/c20-16-6-5-15(18-16)17(21)19-7-1-2-14(19)10-13-9-11-3-4-12(13)8-11/h11-15H,1-10H2,(H,18,20)/t11-,12-,13-,14+,15+/m0/s1. The van der Waals surface area contributed by atoms with Gasteiger partial charge in [0.05, 0.1) is 0 Å². The Morgan fingerprint density at radius 1 is 1.19 bits per heavy atom. The molecule has 116 valence electrons. The third-order valence-electron chi connectivity index (χ3n) is 6.41. The Bertz CT molecular complexity index is 450. The quantitative estimate of drug-likeness (QED) is 0.865. The zero-order chi connectivity index (χ0) is 14.4. The molecule has 4 aliphatic rings. The molecule has 21 heavy (non-hydrogen) atoms. The molecule has 2 saturated carbocycles. The van der Waals surface area contributed by atoms with E-state index in [9.17, 15) is 9.59 Å². The van der Waals surface area contributed by atoms with Crippen molar-refractivity contribution in [1.82, 2.24) is 10.2 Å². The van der Waals surface area contributed by atoms with E-state index in [0.29, 0.717) is 18.9 Å². The van der Waals surface area contributed by atoms with E-state index in [4.69, 9.17) is 0 Å². The first kappa shape index (κ1) is 13.6. The molecule has 2 saturated heterocycles. The van der Waals surface area contributed by atoms with Crippen molar-refractivity contribution < 1.29 is 9.59 Å². The zero-order valence-corrected chi connectivity index (χ0v) is 12.7. The Hall–Kier alpha value is -1.06. The molecule has 4 nitrogen and oxygen atoms in total. The number of hydrogen-bond acceptors (Lipinski definition) is 2. The summed E-state index contributed by atoms with van der Waals surface area (Å²) in [5.41, 5.74) is 0. The van der Waals surface area contributed by atoms with Gasteiger partial charge in [0.1, 0.15) is 6.04 Å². The molecule has 0 radical (unpaired) electrons. The van der Waals surface area contributed by atoms with Crippen molar-refractivity contribution in [2.75, 3.05) is 6.54 Å². The number of fused-ring (bicyclic) bond motifs is 2. The van der Waals surface area contributed by atoms with Crippen LogP contribution in [-0.4, -0.2) is 35.3 Å². The minimum absolute atomic E-state index is 0.0391. The van der Waals surface area contributed by atoms with Gasteiger partial charge >= 0.3 is 0 Å². The number of hydrogen-bond donors (Lipinski definition) is 1. The molecular formula is C17H26N2O2. The molecule has 5 atom stereocenters. The van der Waals surface area contributed by atoms with Gasteiger partial charge in [-0.05, 0) is 62.7 Å². The fourth-order valence-corrected chi connectivity index (χ4v) is 5.38. The van der Waals surface area contributed by atoms with Crippen LogP contribution in [0.25, 0.3) is 0 Å². The first-order valence-electron chi connectivity index (χ1n) is 8.80. The van der Waals surface area contributed by atoms with Crippen LogP contribution in [0, 0.1) is 17.8 Å². The van der Waals surface area contributed by atoms with Crippen LogP contribution in [0.4, 0.5) is 0 Å². The number of carbonyl (C=O) groups excluding carboxylic acids is 2. The van der Waals surface area contributed by atoms with Gasteiger partial charge < -0.3 is 10.2 Å². The SMILES string of the molecule is O=C1CC[C@H](C(=O)N2CCC[C@@H]2C[C@@H]2C[C@H]3CC[C@H]2C3)N1. The molecule has 2 aliphatic heterocycles. The lowest BCUT2D eigenvalue weighted by molar-refractivity contribution is -0.135. The average molecular weight is 290 g/mol. The molecule has 0 aromatic heterocycles. The Kier molecular flexibility index (Phi) is 3.43. The van der Waals surface area contributed by atoms with E-state index in [1.54, 1.807) is 0 Å². The molecule has 4 heteroatoms. The summed E-state index contributed by atoms with van der Waals surface area (Å²) in [6.45, 7) is 0.899. The predicted octanol–water partition coefficient (Wildman–Crippen LogP) is 2.08. The largest absolute Gasteiger partial charge is 0.344 e. The minimum Gasteiger partial charge on any atom is -0.344 e. The molecule has 2 bridgehead atoms. The van der Waals surface area contributed by atoms with Crippen molar-refractivity contribution in [3.63, 3.8) is 0 Å². The van der Waals surface area contributed by atoms with Crippen molar-refractivity contribution in [3.05, 3.63) is 0 Å². The molecule has 0 unspecified atom stereocenters. The number of rotatable bonds is 3. The normalized spacial score (nSPS) is 41.8. The molecule has 0 aromatic rings. The highest BCUT2D eigenvalue weighted by Gasteiger charge is 2.43. The molecular weight excluding hydrogens is 264 g/mol. The highest BCUT2D eigenvalue weighted by Crippen LogP contribution is 2.50. The lowest BCUT2D eigenvalue weighted by atomic mass is 9.83. The summed E-state index contributed by atoms with van der Waals surface area (Å²) in [5, 5.41) is 2.84. The van der Waals surface area contributed by atoms with Gasteiger partial charge in [-0.3, -0.25) is 9.59 Å². The number of nitrogens with one attached hydrogen (secondary N) is 1. The summed E-state index contributed by atoms with van der Waals surface area (Å²) in [6.07, 6.45) is 10.5. The molecule has 4 fully saturated rings. The average Bonchev–Trinajstić information content (AvgIpc) is 3.21. The van der Waals surface area contributed by atoms with Gasteiger partial charge in [0.15, 0.2) is 0 Å². The summed E-state index contributed by atoms with van der Waals surface area (Å²) >= 11 is 0. The van der Waals surface area contributed by atoms with Crippen LogP contribution >= 0.6 is 0 Å². The van der Waals surface area contributed by atoms with Gasteiger partial charge in [-0.15, -0.1) is 0 Å². The second kappa shape index (κ2) is 5.29. The van der Waals surface area contributed by atoms with Crippen molar-refractivity contribution >= 4 is 11.8 Å². The fraction of sp³-hybridized carbons (Fsp3) is 0.882. The van der Waals surface area contributed by atoms with E-state index in [-0.39, 0.29) is 17.9 Å². The van der Waals surface area contributed by atoms with Gasteiger partial charge in [0.25, 0.3) is 0 Å². The van der Waals surface area contributed by atoms with Gasteiger partial charge in [0.2, 0.25) is 11.8 Å². The first-order chi connectivity index (χ1) is 10.2. The topological polar surface area (TPSA) is 49.4 Å². The summed E-state index contributed by atoms with van der Waals surface area (Å²) in [7, 11) is 0. The summed E-state index contributed by atoms with van der Waals surface area (Å²) in [5.74, 6) is 3.02. The second-order valence-corrected chi connectivity index (χ2v) is 7.66. The maximum Gasteiger partial charge on any atom is 0.245 e. The van der Waals surface area contributed by atoms with Crippen LogP contribution in [0.1, 0.15) is 57.8 Å². The molecule has 2 amide bonds. The highest BCUT2D eigenvalue weighted by molar-refractivity contribution is 5.91. The molecule has 1 N–H and O–H groups in total. The molecule has 2 aliphatic carbocycles. The van der Waals surface area contributed by atoms with Crippen LogP contribution in [0.15, 0.2) is 0 Å². The predicted molar refractivity (Wildman–Crippen MR) is 79.5 cm³/mol. The Morgan fingerprint density at radius 3 is 2.76 bits per heavy atom. The molecule has 4 rings (SSSR count). The fourth-order valence-electron chi connectivity index (χ4n) is 5.38. The van der Waals surface area contributed by atoms with Crippen molar-refractivity contribution in [3.8, 4) is 0 Å². The maximum absolute atomic E-state index is 12.6. The Morgan fingerprint density at radius 2 is 2.10 bits per heavy atom. The van der Waals surface area contributed by atoms with Crippen LogP contribution in [0.5, 0.6) is 0 Å². The lowest BCUT2D eigenvalue weighted by Crippen LogP contribution is -2.47. The van der Waals surface area contributed by atoms with Crippen molar-refractivity contribution in [1.29, 1.82) is 0 Å². The van der Waals surface area contributed by atoms with Crippen LogP contribution in [0.2, 0.25) is 0 Å². The third-order valence-corrected chi connectivity index (χ3v) is 6.41. The van der Waals surface area contributed by atoms with E-state index >= 15 is 0 Å². The van der Waals surface area contributed by atoms with Crippen molar-refractivity contribution in [2.45, 2.75) is 69.9 Å². The highest BCUT2D eigenvalue weighted by atomic mass is 16.2. The summed E-state index contributed by atoms with van der Waals surface area (Å²) in [6, 6.07) is 0.206. The van der Waals surface area contributed by atoms with E-state index in [1.165, 1.54) is 38.5 Å². The second-order valence-electron chi connectivity index (χ2n) is 7.66. The van der Waals surface area contributed by atoms with Crippen LogP contribution in [-0.2, 0) is 9.59 Å². The first-order valence-corrected chi connectivity index (χ1v) is 8.80. The number of amides is 2. The van der Waals surface area contributed by atoms with E-state index in [0.717, 1.165) is 30.7 Å². The monoisotopic (exact) mass is 290 g/mol. The van der Waals surface area contributed by atoms with E-state index < -0.39 is 0 Å². The van der Waals surface area contributed by atoms with E-state index in [2.05, 4.69) is 10.2 Å². The Balaban J connectivity index is 1.38. The van der Waals surface area contributed by atoms with Gasteiger partial charge in [0, 0.05) is 19.0 Å². The lowest BCUT2D eigenvalue weighted by Gasteiger charge is -2.31. The molecule has 2 heterocycles. The summed E-state index contributed by atoms with van der Waals surface area (Å²) in [4.78, 5) is 26.1. The van der Waals surface area contributed by atoms with Crippen LogP contribution < -0.4 is 5.32 Å². The zero-order valence-electron chi connectivity index (χ0n) is 12.7. The van der Waals surface area contributed by atoms with Gasteiger partial charge in [-0.25, -0.2) is 0 Å². The number of likely N-dealkylation sites (tertiary alicyclic amines) is 1. The molecule has 0 spiro atoms. The van der Waals surface area contributed by atoms with E-state index in [1.807, 2.05) is 0 Å². The van der Waals surface area contributed by atoms with Gasteiger partial charge in [-0.2, -0.15) is 0 Å². The van der Waals surface area contributed by atoms with Crippen LogP contribution in [0.3, 0.4) is 0 Å². The Labute approximate surface area is 126 Å². The third kappa shape index (κ3) is 2.47. The molecule has 0 aromatic carbocycles. The summed E-state index contributed by atoms with van der Waals surface area (Å²) < 4.78 is 0. The van der Waals surface area contributed by atoms with Gasteiger partial charge in [-0.1, -0.05) is 6.42 Å². The van der Waals surface area contributed by atoms with Crippen molar-refractivity contribution in [2.24, 2.45) is 17.8 Å². The number of carbonyl (C=O) groups is 2. The number of nitrogens with zero attached hydrogens (tertiary/aromatic N) is 1. The minimum atomic E-state index is -0.238. The maximum atomic E-state index is 12.6.